The van der Waals surface area contributed by atoms with Crippen LogP contribution in [0.25, 0.3) is 21.9 Å². The first-order valence-electron chi connectivity index (χ1n) is 11.1. The number of benzene rings is 2. The first-order valence-corrected chi connectivity index (χ1v) is 11.1. The number of carbonyl (C=O) groups excluding carboxylic acids is 1. The largest absolute Gasteiger partial charge is 0.493 e. The first kappa shape index (κ1) is 23.7. The van der Waals surface area contributed by atoms with Crippen LogP contribution in [0.2, 0.25) is 0 Å². The SMILES string of the molecule is CCCc1c(OCCCn2ccc3cc(CC(=O)OC)ccc32)ccc2c(C(F)(F)F)noc12. The molecule has 0 atom stereocenters. The lowest BCUT2D eigenvalue weighted by molar-refractivity contribution is -0.141. The zero-order valence-electron chi connectivity index (χ0n) is 18.9. The predicted molar refractivity (Wildman–Crippen MR) is 121 cm³/mol. The summed E-state index contributed by atoms with van der Waals surface area (Å²) < 4.78 is 57.4. The standard InChI is InChI=1S/C25H25F3N2O4/c1-3-5-18-21(9-7-19-23(18)34-29-24(19)25(26,27)28)33-13-4-11-30-12-10-17-14-16(6-8-20(17)30)15-22(31)32-2/h6-10,12,14H,3-5,11,13,15H2,1-2H3. The fraction of sp³-hybridized carbons (Fsp3) is 0.360. The maximum atomic E-state index is 13.2. The van der Waals surface area contributed by atoms with E-state index in [-0.39, 0.29) is 23.4 Å². The highest BCUT2D eigenvalue weighted by Gasteiger charge is 2.37. The number of nitrogens with zero attached hydrogens (tertiary/aromatic N) is 2. The van der Waals surface area contributed by atoms with Gasteiger partial charge in [-0.05, 0) is 54.1 Å². The molecule has 0 bridgehead atoms. The highest BCUT2D eigenvalue weighted by molar-refractivity contribution is 5.85. The average Bonchev–Trinajstić information content (AvgIpc) is 3.42. The number of hydrogen-bond donors (Lipinski definition) is 0. The van der Waals surface area contributed by atoms with Gasteiger partial charge < -0.3 is 18.6 Å². The second kappa shape index (κ2) is 9.79. The monoisotopic (exact) mass is 474 g/mol. The molecule has 0 N–H and O–H groups in total. The van der Waals surface area contributed by atoms with Crippen LogP contribution in [-0.4, -0.2) is 29.4 Å². The van der Waals surface area contributed by atoms with Gasteiger partial charge in [0.2, 0.25) is 0 Å². The van der Waals surface area contributed by atoms with Crippen molar-refractivity contribution in [2.45, 2.75) is 45.3 Å². The summed E-state index contributed by atoms with van der Waals surface area (Å²) >= 11 is 0. The van der Waals surface area contributed by atoms with Gasteiger partial charge in [-0.25, -0.2) is 0 Å². The molecule has 0 saturated heterocycles. The molecule has 0 aliphatic rings. The van der Waals surface area contributed by atoms with Gasteiger partial charge in [0.05, 0.1) is 25.5 Å². The van der Waals surface area contributed by atoms with Gasteiger partial charge in [0.25, 0.3) is 0 Å². The van der Waals surface area contributed by atoms with Gasteiger partial charge in [-0.3, -0.25) is 4.79 Å². The van der Waals surface area contributed by atoms with E-state index in [0.717, 1.165) is 22.9 Å². The summed E-state index contributed by atoms with van der Waals surface area (Å²) in [4.78, 5) is 11.5. The number of methoxy groups -OCH3 is 1. The molecular formula is C25H25F3N2O4. The number of aromatic nitrogens is 2. The first-order chi connectivity index (χ1) is 16.3. The highest BCUT2D eigenvalue weighted by Crippen LogP contribution is 2.38. The van der Waals surface area contributed by atoms with E-state index < -0.39 is 11.9 Å². The van der Waals surface area contributed by atoms with E-state index in [9.17, 15) is 18.0 Å². The Balaban J connectivity index is 1.43. The lowest BCUT2D eigenvalue weighted by Crippen LogP contribution is -2.07. The number of carbonyl (C=O) groups is 1. The normalized spacial score (nSPS) is 11.9. The number of alkyl halides is 3. The summed E-state index contributed by atoms with van der Waals surface area (Å²) in [5.74, 6) is 0.237. The summed E-state index contributed by atoms with van der Waals surface area (Å²) in [6.45, 7) is 3.03. The Labute approximate surface area is 194 Å². The molecule has 9 heteroatoms. The Morgan fingerprint density at radius 2 is 2.00 bits per heavy atom. The maximum Gasteiger partial charge on any atom is 0.437 e. The molecule has 0 aliphatic carbocycles. The Hall–Kier alpha value is -3.49. The van der Waals surface area contributed by atoms with E-state index in [1.165, 1.54) is 13.2 Å². The van der Waals surface area contributed by atoms with Gasteiger partial charge in [0.1, 0.15) is 5.75 Å². The summed E-state index contributed by atoms with van der Waals surface area (Å²) in [6, 6.07) is 10.8. The van der Waals surface area contributed by atoms with Crippen molar-refractivity contribution in [3.05, 3.63) is 59.4 Å². The summed E-state index contributed by atoms with van der Waals surface area (Å²) in [5.41, 5.74) is 1.66. The third-order valence-corrected chi connectivity index (χ3v) is 5.68. The van der Waals surface area contributed by atoms with Gasteiger partial charge in [-0.2, -0.15) is 13.2 Å². The summed E-state index contributed by atoms with van der Waals surface area (Å²) in [5, 5.41) is 4.24. The molecule has 0 unspecified atom stereocenters. The van der Waals surface area contributed by atoms with Crippen LogP contribution < -0.4 is 4.74 Å². The molecule has 180 valence electrons. The fourth-order valence-corrected chi connectivity index (χ4v) is 4.08. The molecule has 0 aliphatic heterocycles. The Morgan fingerprint density at radius 1 is 1.18 bits per heavy atom. The van der Waals surface area contributed by atoms with Crippen LogP contribution in [0.1, 0.15) is 36.6 Å². The second-order valence-corrected chi connectivity index (χ2v) is 8.06. The van der Waals surface area contributed by atoms with Crippen LogP contribution in [0.4, 0.5) is 13.2 Å². The zero-order chi connectivity index (χ0) is 24.3. The molecule has 0 fully saturated rings. The van der Waals surface area contributed by atoms with Gasteiger partial charge in [-0.1, -0.05) is 24.6 Å². The van der Waals surface area contributed by atoms with Gasteiger partial charge in [0, 0.05) is 23.8 Å². The van der Waals surface area contributed by atoms with Crippen molar-refractivity contribution in [3.63, 3.8) is 0 Å². The second-order valence-electron chi connectivity index (χ2n) is 8.06. The van der Waals surface area contributed by atoms with Crippen LogP contribution in [0.5, 0.6) is 5.75 Å². The highest BCUT2D eigenvalue weighted by atomic mass is 19.4. The van der Waals surface area contributed by atoms with Crippen molar-refractivity contribution in [1.82, 2.24) is 9.72 Å². The molecule has 2 aromatic heterocycles. The Morgan fingerprint density at radius 3 is 2.74 bits per heavy atom. The lowest BCUT2D eigenvalue weighted by Gasteiger charge is -2.12. The fourth-order valence-electron chi connectivity index (χ4n) is 4.08. The smallest absolute Gasteiger partial charge is 0.437 e. The quantitative estimate of drug-likeness (QED) is 0.222. The number of hydrogen-bond acceptors (Lipinski definition) is 5. The number of aryl methyl sites for hydroxylation is 2. The summed E-state index contributed by atoms with van der Waals surface area (Å²) in [7, 11) is 1.37. The van der Waals surface area contributed by atoms with Crippen molar-refractivity contribution in [1.29, 1.82) is 0 Å². The molecule has 4 aromatic rings. The van der Waals surface area contributed by atoms with E-state index in [4.69, 9.17) is 14.0 Å². The van der Waals surface area contributed by atoms with Crippen LogP contribution in [0, 0.1) is 0 Å². The summed E-state index contributed by atoms with van der Waals surface area (Å²) in [6.07, 6.45) is -0.418. The molecule has 2 heterocycles. The van der Waals surface area contributed by atoms with E-state index in [0.29, 0.717) is 37.3 Å². The van der Waals surface area contributed by atoms with Crippen LogP contribution in [-0.2, 0) is 35.1 Å². The van der Waals surface area contributed by atoms with Gasteiger partial charge in [0.15, 0.2) is 11.3 Å². The number of halogens is 3. The molecule has 6 nitrogen and oxygen atoms in total. The minimum Gasteiger partial charge on any atom is -0.493 e. The number of esters is 1. The minimum atomic E-state index is -4.57. The molecular weight excluding hydrogens is 449 g/mol. The van der Waals surface area contributed by atoms with Crippen molar-refractivity contribution in [2.75, 3.05) is 13.7 Å². The van der Waals surface area contributed by atoms with Crippen molar-refractivity contribution in [2.24, 2.45) is 0 Å². The molecule has 2 aromatic carbocycles. The average molecular weight is 474 g/mol. The third kappa shape index (κ3) is 4.88. The molecule has 0 saturated carbocycles. The number of rotatable bonds is 9. The maximum absolute atomic E-state index is 13.2. The molecule has 4 rings (SSSR count). The Bertz CT molecular complexity index is 1310. The van der Waals surface area contributed by atoms with E-state index in [1.54, 1.807) is 6.07 Å². The molecule has 0 radical (unpaired) electrons. The van der Waals surface area contributed by atoms with Gasteiger partial charge >= 0.3 is 12.1 Å². The van der Waals surface area contributed by atoms with E-state index >= 15 is 0 Å². The predicted octanol–water partition coefficient (Wildman–Crippen LogP) is 5.94. The van der Waals surface area contributed by atoms with Crippen molar-refractivity contribution < 1.29 is 32.0 Å². The molecule has 34 heavy (non-hydrogen) atoms. The number of ether oxygens (including phenoxy) is 2. The topological polar surface area (TPSA) is 66.5 Å². The molecule has 0 spiro atoms. The minimum absolute atomic E-state index is 0.0475. The van der Waals surface area contributed by atoms with Crippen LogP contribution in [0.15, 0.2) is 47.1 Å². The molecule has 0 amide bonds. The van der Waals surface area contributed by atoms with Crippen molar-refractivity contribution >= 4 is 27.8 Å². The Kier molecular flexibility index (Phi) is 6.81. The third-order valence-electron chi connectivity index (χ3n) is 5.68. The van der Waals surface area contributed by atoms with Gasteiger partial charge in [-0.15, -0.1) is 0 Å². The van der Waals surface area contributed by atoms with Crippen LogP contribution >= 0.6 is 0 Å². The van der Waals surface area contributed by atoms with Crippen molar-refractivity contribution in [3.8, 4) is 5.75 Å². The van der Waals surface area contributed by atoms with E-state index in [2.05, 4.69) is 9.72 Å². The number of fused-ring (bicyclic) bond motifs is 2. The zero-order valence-corrected chi connectivity index (χ0v) is 18.9. The lowest BCUT2D eigenvalue weighted by atomic mass is 10.0. The van der Waals surface area contributed by atoms with E-state index in [1.807, 2.05) is 37.4 Å². The van der Waals surface area contributed by atoms with Crippen LogP contribution in [0.3, 0.4) is 0 Å².